The van der Waals surface area contributed by atoms with Gasteiger partial charge in [0, 0.05) is 54.0 Å². The van der Waals surface area contributed by atoms with E-state index in [0.717, 1.165) is 52.9 Å². The normalized spacial score (nSPS) is 14.9. The van der Waals surface area contributed by atoms with E-state index < -0.39 is 11.7 Å². The Bertz CT molecular complexity index is 1260. The van der Waals surface area contributed by atoms with E-state index in [2.05, 4.69) is 37.8 Å². The molecule has 3 aromatic rings. The Morgan fingerprint density at radius 3 is 2.46 bits per heavy atom. The SMILES string of the molecule is CCOC(=O)c1cc(-c2cnc3c(c2)c(Br)cn3C(=O)OC(C)(C)C)ccc1N1CCN(C)CC1. The Hall–Kier alpha value is -2.91. The first-order valence-corrected chi connectivity index (χ1v) is 12.5. The standard InChI is InChI=1S/C26H31BrN4O4/c1-6-34-24(32)20-13-17(7-8-22(20)30-11-9-29(5)10-12-30)18-14-19-21(27)16-31(23(19)28-15-18)25(33)35-26(2,3)4/h7-8,13-16H,6,9-12H2,1-5H3. The molecule has 1 fully saturated rings. The maximum Gasteiger partial charge on any atom is 0.420 e. The number of piperazine rings is 1. The van der Waals surface area contributed by atoms with Gasteiger partial charge in [0.2, 0.25) is 0 Å². The third-order valence-electron chi connectivity index (χ3n) is 5.85. The smallest absolute Gasteiger partial charge is 0.420 e. The summed E-state index contributed by atoms with van der Waals surface area (Å²) < 4.78 is 13.0. The predicted molar refractivity (Wildman–Crippen MR) is 140 cm³/mol. The van der Waals surface area contributed by atoms with Crippen LogP contribution in [0, 0.1) is 0 Å². The molecule has 1 aliphatic heterocycles. The third kappa shape index (κ3) is 5.51. The molecule has 9 heteroatoms. The van der Waals surface area contributed by atoms with E-state index in [0.29, 0.717) is 17.8 Å². The molecule has 0 radical (unpaired) electrons. The summed E-state index contributed by atoms with van der Waals surface area (Å²) in [4.78, 5) is 34.6. The number of hydrogen-bond acceptors (Lipinski definition) is 7. The van der Waals surface area contributed by atoms with E-state index in [4.69, 9.17) is 9.47 Å². The molecule has 0 atom stereocenters. The van der Waals surface area contributed by atoms with Gasteiger partial charge in [-0.2, -0.15) is 0 Å². The number of carbonyl (C=O) groups excluding carboxylic acids is 2. The number of anilines is 1. The van der Waals surface area contributed by atoms with Crippen molar-refractivity contribution in [3.8, 4) is 11.1 Å². The molecule has 0 spiro atoms. The number of hydrogen-bond donors (Lipinski definition) is 0. The van der Waals surface area contributed by atoms with Crippen LogP contribution in [-0.4, -0.2) is 71.9 Å². The molecule has 8 nitrogen and oxygen atoms in total. The molecule has 0 bridgehead atoms. The lowest BCUT2D eigenvalue weighted by molar-refractivity contribution is 0.0522. The van der Waals surface area contributed by atoms with Crippen molar-refractivity contribution in [1.29, 1.82) is 0 Å². The van der Waals surface area contributed by atoms with Crippen molar-refractivity contribution in [3.63, 3.8) is 0 Å². The highest BCUT2D eigenvalue weighted by molar-refractivity contribution is 9.10. The molecule has 0 aliphatic carbocycles. The minimum atomic E-state index is -0.616. The van der Waals surface area contributed by atoms with Crippen LogP contribution in [0.4, 0.5) is 10.5 Å². The van der Waals surface area contributed by atoms with E-state index in [1.807, 2.05) is 52.0 Å². The van der Waals surface area contributed by atoms with Gasteiger partial charge in [0.15, 0.2) is 5.65 Å². The van der Waals surface area contributed by atoms with Crippen LogP contribution in [0.15, 0.2) is 41.1 Å². The zero-order valence-corrected chi connectivity index (χ0v) is 22.4. The summed E-state index contributed by atoms with van der Waals surface area (Å²) in [6, 6.07) is 7.80. The van der Waals surface area contributed by atoms with Gasteiger partial charge < -0.3 is 19.3 Å². The molecule has 0 amide bonds. The van der Waals surface area contributed by atoms with Gasteiger partial charge in [-0.15, -0.1) is 0 Å². The first kappa shape index (κ1) is 25.2. The summed E-state index contributed by atoms with van der Waals surface area (Å²) in [5.41, 5.74) is 2.98. The first-order chi connectivity index (χ1) is 16.6. The third-order valence-corrected chi connectivity index (χ3v) is 6.49. The zero-order valence-electron chi connectivity index (χ0n) is 20.8. The van der Waals surface area contributed by atoms with Gasteiger partial charge in [-0.05, 0) is 74.4 Å². The van der Waals surface area contributed by atoms with Gasteiger partial charge in [-0.25, -0.2) is 19.1 Å². The predicted octanol–water partition coefficient (Wildman–Crippen LogP) is 5.18. The topological polar surface area (TPSA) is 76.9 Å². The molecule has 0 saturated carbocycles. The molecule has 35 heavy (non-hydrogen) atoms. The Labute approximate surface area is 213 Å². The van der Waals surface area contributed by atoms with Crippen LogP contribution in [0.5, 0.6) is 0 Å². The van der Waals surface area contributed by atoms with Gasteiger partial charge in [-0.3, -0.25) is 0 Å². The number of likely N-dealkylation sites (N-methyl/N-ethyl adjacent to an activating group) is 1. The molecule has 1 aliphatic rings. The minimum Gasteiger partial charge on any atom is -0.462 e. The van der Waals surface area contributed by atoms with Crippen LogP contribution >= 0.6 is 15.9 Å². The molecular formula is C26H31BrN4O4. The number of pyridine rings is 1. The van der Waals surface area contributed by atoms with Gasteiger partial charge in [0.25, 0.3) is 0 Å². The number of nitrogens with zero attached hydrogens (tertiary/aromatic N) is 4. The molecule has 0 unspecified atom stereocenters. The fourth-order valence-corrected chi connectivity index (χ4v) is 4.59. The summed E-state index contributed by atoms with van der Waals surface area (Å²) in [5, 5.41) is 0.772. The molecule has 186 valence electrons. The number of carbonyl (C=O) groups is 2. The van der Waals surface area contributed by atoms with Crippen LogP contribution in [0.2, 0.25) is 0 Å². The van der Waals surface area contributed by atoms with Crippen molar-refractivity contribution in [2.45, 2.75) is 33.3 Å². The lowest BCUT2D eigenvalue weighted by atomic mass is 10.0. The molecule has 1 aromatic carbocycles. The number of benzene rings is 1. The fraction of sp³-hybridized carbons (Fsp3) is 0.423. The Morgan fingerprint density at radius 1 is 1.09 bits per heavy atom. The summed E-state index contributed by atoms with van der Waals surface area (Å²) in [5.74, 6) is -0.338. The summed E-state index contributed by atoms with van der Waals surface area (Å²) in [6.07, 6.45) is 2.88. The second kappa shape index (κ2) is 9.99. The molecule has 1 saturated heterocycles. The second-order valence-corrected chi connectivity index (χ2v) is 10.5. The van der Waals surface area contributed by atoms with Gasteiger partial charge in [0.1, 0.15) is 5.60 Å². The lowest BCUT2D eigenvalue weighted by Crippen LogP contribution is -2.45. The maximum absolute atomic E-state index is 12.9. The number of esters is 1. The highest BCUT2D eigenvalue weighted by Gasteiger charge is 2.23. The highest BCUT2D eigenvalue weighted by Crippen LogP contribution is 2.33. The van der Waals surface area contributed by atoms with Crippen molar-refractivity contribution >= 4 is 44.7 Å². The van der Waals surface area contributed by atoms with E-state index in [-0.39, 0.29) is 5.97 Å². The van der Waals surface area contributed by atoms with E-state index in [1.165, 1.54) is 4.57 Å². The molecule has 0 N–H and O–H groups in total. The summed E-state index contributed by atoms with van der Waals surface area (Å²) in [6.45, 7) is 11.2. The second-order valence-electron chi connectivity index (χ2n) is 9.67. The molecule has 3 heterocycles. The monoisotopic (exact) mass is 542 g/mol. The summed E-state index contributed by atoms with van der Waals surface area (Å²) in [7, 11) is 2.10. The molecule has 4 rings (SSSR count). The van der Waals surface area contributed by atoms with Crippen molar-refractivity contribution in [3.05, 3.63) is 46.7 Å². The van der Waals surface area contributed by atoms with Crippen LogP contribution in [0.1, 0.15) is 38.1 Å². The van der Waals surface area contributed by atoms with Crippen LogP contribution in [0.3, 0.4) is 0 Å². The maximum atomic E-state index is 12.9. The van der Waals surface area contributed by atoms with E-state index >= 15 is 0 Å². The average Bonchev–Trinajstić information content (AvgIpc) is 3.14. The number of halogens is 1. The molecule has 2 aromatic heterocycles. The van der Waals surface area contributed by atoms with Crippen molar-refractivity contribution in [1.82, 2.24) is 14.5 Å². The number of rotatable bonds is 4. The summed E-state index contributed by atoms with van der Waals surface area (Å²) >= 11 is 3.55. The van der Waals surface area contributed by atoms with Gasteiger partial charge >= 0.3 is 12.1 Å². The largest absolute Gasteiger partial charge is 0.462 e. The lowest BCUT2D eigenvalue weighted by Gasteiger charge is -2.35. The quantitative estimate of drug-likeness (QED) is 0.420. The van der Waals surface area contributed by atoms with Gasteiger partial charge in [-0.1, -0.05) is 6.07 Å². The van der Waals surface area contributed by atoms with E-state index in [1.54, 1.807) is 12.4 Å². The average molecular weight is 543 g/mol. The van der Waals surface area contributed by atoms with Crippen molar-refractivity contribution in [2.75, 3.05) is 44.7 Å². The van der Waals surface area contributed by atoms with Gasteiger partial charge in [0.05, 0.1) is 17.9 Å². The van der Waals surface area contributed by atoms with Crippen LogP contribution < -0.4 is 4.90 Å². The Balaban J connectivity index is 1.72. The highest BCUT2D eigenvalue weighted by atomic mass is 79.9. The zero-order chi connectivity index (χ0) is 25.3. The minimum absolute atomic E-state index is 0.309. The van der Waals surface area contributed by atoms with Crippen molar-refractivity contribution in [2.24, 2.45) is 0 Å². The van der Waals surface area contributed by atoms with Crippen LogP contribution in [-0.2, 0) is 9.47 Å². The Kier molecular flexibility index (Phi) is 7.19. The Morgan fingerprint density at radius 2 is 1.80 bits per heavy atom. The first-order valence-electron chi connectivity index (χ1n) is 11.7. The fourth-order valence-electron chi connectivity index (χ4n) is 4.09. The van der Waals surface area contributed by atoms with Crippen LogP contribution in [0.25, 0.3) is 22.2 Å². The van der Waals surface area contributed by atoms with E-state index in [9.17, 15) is 9.59 Å². The number of aromatic nitrogens is 2. The number of fused-ring (bicyclic) bond motifs is 1. The number of ether oxygens (including phenoxy) is 2. The molecular weight excluding hydrogens is 512 g/mol. The van der Waals surface area contributed by atoms with Crippen molar-refractivity contribution < 1.29 is 19.1 Å².